The zero-order chi connectivity index (χ0) is 29.2. The molecule has 2 N–H and O–H groups in total. The third-order valence-corrected chi connectivity index (χ3v) is 6.68. The summed E-state index contributed by atoms with van der Waals surface area (Å²) < 4.78 is 85.5. The summed E-state index contributed by atoms with van der Waals surface area (Å²) in [7, 11) is 0. The first-order valence-corrected chi connectivity index (χ1v) is 12.4. The maximum Gasteiger partial charge on any atom is 0.416 e. The minimum atomic E-state index is -4.98. The number of amides is 1. The van der Waals surface area contributed by atoms with Gasteiger partial charge in [-0.15, -0.1) is 0 Å². The van der Waals surface area contributed by atoms with Crippen molar-refractivity contribution in [3.8, 4) is 0 Å². The average Bonchev–Trinajstić information content (AvgIpc) is 3.28. The van der Waals surface area contributed by atoms with Crippen molar-refractivity contribution in [3.63, 3.8) is 0 Å². The second kappa shape index (κ2) is 11.5. The molecule has 3 aromatic rings. The molecule has 1 amide bonds. The fourth-order valence-corrected chi connectivity index (χ4v) is 4.88. The number of aromatic nitrogens is 3. The Morgan fingerprint density at radius 3 is 2.15 bits per heavy atom. The van der Waals surface area contributed by atoms with Gasteiger partial charge in [0.05, 0.1) is 49.5 Å². The summed E-state index contributed by atoms with van der Waals surface area (Å²) in [5, 5.41) is 6.20. The Kier molecular flexibility index (Phi) is 8.40. The number of carbonyl (C=O) groups excluding carboxylic acids is 1. The van der Waals surface area contributed by atoms with Crippen LogP contribution in [0.3, 0.4) is 0 Å². The van der Waals surface area contributed by atoms with Gasteiger partial charge in [0, 0.05) is 6.54 Å². The van der Waals surface area contributed by atoms with Gasteiger partial charge in [-0.25, -0.2) is 9.89 Å². The second-order valence-electron chi connectivity index (χ2n) is 9.56. The molecule has 2 aromatic carbocycles. The summed E-state index contributed by atoms with van der Waals surface area (Å²) >= 11 is 0. The summed E-state index contributed by atoms with van der Waals surface area (Å²) in [6.07, 6.45) is -9.95. The number of piperazine rings is 1. The molecule has 1 saturated heterocycles. The molecule has 0 saturated carbocycles. The molecule has 216 valence electrons. The molecule has 0 spiro atoms. The lowest BCUT2D eigenvalue weighted by molar-refractivity contribution is -0.148. The van der Waals surface area contributed by atoms with Gasteiger partial charge in [-0.3, -0.25) is 14.7 Å². The van der Waals surface area contributed by atoms with Gasteiger partial charge in [0.1, 0.15) is 5.82 Å². The number of nitrogens with zero attached hydrogens (tertiary/aromatic N) is 3. The Morgan fingerprint density at radius 1 is 1.00 bits per heavy atom. The van der Waals surface area contributed by atoms with Crippen LogP contribution in [0.1, 0.15) is 46.6 Å². The number of carbonyl (C=O) groups is 1. The standard InChI is InChI=1S/C26H27F6N5O3/c1-3-37-20(14-40-13-16-8-18(25(27,28)29)10-19(9-16)26(30,31)32)23(17-6-4-15(2)5-7-17)36(12-22(37)38)11-21-33-24(39)35-34-21/h4-10,20,23H,3,11-14H2,1-2H3,(H2,33,34,35,39)/t20-,23+/m1/s1. The van der Waals surface area contributed by atoms with E-state index in [0.717, 1.165) is 11.1 Å². The molecule has 14 heteroatoms. The molecular formula is C26H27F6N5O3. The van der Waals surface area contributed by atoms with Gasteiger partial charge in [-0.1, -0.05) is 29.8 Å². The number of halogens is 6. The Bertz CT molecular complexity index is 1350. The Morgan fingerprint density at radius 2 is 1.62 bits per heavy atom. The molecule has 0 bridgehead atoms. The maximum absolute atomic E-state index is 13.3. The predicted molar refractivity (Wildman–Crippen MR) is 131 cm³/mol. The number of alkyl halides is 6. The van der Waals surface area contributed by atoms with Crippen molar-refractivity contribution in [2.75, 3.05) is 19.7 Å². The normalized spacial score (nSPS) is 18.9. The maximum atomic E-state index is 13.3. The summed E-state index contributed by atoms with van der Waals surface area (Å²) in [5.74, 6) is 0.0407. The smallest absolute Gasteiger partial charge is 0.375 e. The quantitative estimate of drug-likeness (QED) is 0.390. The molecule has 1 aliphatic heterocycles. The van der Waals surface area contributed by atoms with Crippen LogP contribution in [-0.4, -0.2) is 56.6 Å². The van der Waals surface area contributed by atoms with E-state index in [9.17, 15) is 35.9 Å². The van der Waals surface area contributed by atoms with Gasteiger partial charge >= 0.3 is 18.0 Å². The lowest BCUT2D eigenvalue weighted by Crippen LogP contribution is -2.59. The third-order valence-electron chi connectivity index (χ3n) is 6.68. The highest BCUT2D eigenvalue weighted by Crippen LogP contribution is 2.37. The minimum Gasteiger partial charge on any atom is -0.375 e. The fourth-order valence-electron chi connectivity index (χ4n) is 4.88. The van der Waals surface area contributed by atoms with Gasteiger partial charge in [0.25, 0.3) is 0 Å². The molecular weight excluding hydrogens is 544 g/mol. The highest BCUT2D eigenvalue weighted by atomic mass is 19.4. The largest absolute Gasteiger partial charge is 0.416 e. The van der Waals surface area contributed by atoms with Gasteiger partial charge < -0.3 is 9.64 Å². The van der Waals surface area contributed by atoms with Gasteiger partial charge in [-0.2, -0.15) is 31.4 Å². The molecule has 1 fully saturated rings. The van der Waals surface area contributed by atoms with Crippen molar-refractivity contribution in [2.45, 2.75) is 51.4 Å². The number of hydrogen-bond donors (Lipinski definition) is 2. The van der Waals surface area contributed by atoms with Crippen molar-refractivity contribution in [3.05, 3.63) is 86.6 Å². The molecule has 2 atom stereocenters. The van der Waals surface area contributed by atoms with Crippen LogP contribution >= 0.6 is 0 Å². The lowest BCUT2D eigenvalue weighted by Gasteiger charge is -2.47. The van der Waals surface area contributed by atoms with E-state index < -0.39 is 47.9 Å². The van der Waals surface area contributed by atoms with Crippen LogP contribution in [0.4, 0.5) is 26.3 Å². The number of likely N-dealkylation sites (N-methyl/N-ethyl adjacent to an activating group) is 1. The topological polar surface area (TPSA) is 94.3 Å². The number of nitrogens with one attached hydrogen (secondary N) is 2. The van der Waals surface area contributed by atoms with Gasteiger partial charge in [-0.05, 0) is 43.2 Å². The first-order chi connectivity index (χ1) is 18.8. The van der Waals surface area contributed by atoms with Crippen LogP contribution < -0.4 is 5.69 Å². The Balaban J connectivity index is 1.64. The van der Waals surface area contributed by atoms with E-state index >= 15 is 0 Å². The van der Waals surface area contributed by atoms with Crippen molar-refractivity contribution in [1.29, 1.82) is 0 Å². The van der Waals surface area contributed by atoms with E-state index in [0.29, 0.717) is 24.5 Å². The first-order valence-electron chi connectivity index (χ1n) is 12.4. The zero-order valence-corrected chi connectivity index (χ0v) is 21.6. The van der Waals surface area contributed by atoms with Gasteiger partial charge in [0.15, 0.2) is 0 Å². The highest BCUT2D eigenvalue weighted by molar-refractivity contribution is 5.79. The van der Waals surface area contributed by atoms with Crippen molar-refractivity contribution in [2.24, 2.45) is 0 Å². The van der Waals surface area contributed by atoms with E-state index in [4.69, 9.17) is 4.74 Å². The van der Waals surface area contributed by atoms with Crippen LogP contribution in [0.2, 0.25) is 0 Å². The number of benzene rings is 2. The van der Waals surface area contributed by atoms with Crippen LogP contribution in [0.25, 0.3) is 0 Å². The molecule has 40 heavy (non-hydrogen) atoms. The Hall–Kier alpha value is -3.65. The number of rotatable bonds is 8. The Labute approximate surface area is 224 Å². The van der Waals surface area contributed by atoms with Crippen molar-refractivity contribution < 1.29 is 35.9 Å². The van der Waals surface area contributed by atoms with E-state index in [2.05, 4.69) is 15.2 Å². The van der Waals surface area contributed by atoms with E-state index in [-0.39, 0.29) is 37.2 Å². The van der Waals surface area contributed by atoms with E-state index in [1.807, 2.05) is 31.2 Å². The minimum absolute atomic E-state index is 0.0135. The molecule has 0 unspecified atom stereocenters. The monoisotopic (exact) mass is 571 g/mol. The predicted octanol–water partition coefficient (Wildman–Crippen LogP) is 4.43. The van der Waals surface area contributed by atoms with Crippen molar-refractivity contribution in [1.82, 2.24) is 25.0 Å². The van der Waals surface area contributed by atoms with Crippen LogP contribution in [-0.2, 0) is 35.0 Å². The van der Waals surface area contributed by atoms with Crippen LogP contribution in [0, 0.1) is 6.92 Å². The van der Waals surface area contributed by atoms with Crippen LogP contribution in [0.15, 0.2) is 47.3 Å². The SMILES string of the molecule is CCN1C(=O)CN(Cc2n[nH]c(=O)[nH]2)[C@@H](c2ccc(C)cc2)[C@H]1COCc1cc(C(F)(F)F)cc(C(F)(F)F)c1. The summed E-state index contributed by atoms with van der Waals surface area (Å²) in [4.78, 5) is 30.6. The highest BCUT2D eigenvalue weighted by Gasteiger charge is 2.42. The summed E-state index contributed by atoms with van der Waals surface area (Å²) in [6, 6.07) is 7.70. The third kappa shape index (κ3) is 6.73. The summed E-state index contributed by atoms with van der Waals surface area (Å²) in [5.41, 5.74) is -1.88. The molecule has 4 rings (SSSR count). The molecule has 0 aliphatic carbocycles. The first kappa shape index (κ1) is 29.3. The summed E-state index contributed by atoms with van der Waals surface area (Å²) in [6.45, 7) is 3.33. The number of ether oxygens (including phenoxy) is 1. The lowest BCUT2D eigenvalue weighted by atomic mass is 9.93. The zero-order valence-electron chi connectivity index (χ0n) is 21.6. The van der Waals surface area contributed by atoms with E-state index in [1.54, 1.807) is 16.7 Å². The fraction of sp³-hybridized carbons (Fsp3) is 0.423. The number of aryl methyl sites for hydroxylation is 1. The molecule has 0 radical (unpaired) electrons. The average molecular weight is 572 g/mol. The number of aromatic amines is 2. The van der Waals surface area contributed by atoms with Crippen molar-refractivity contribution >= 4 is 5.91 Å². The molecule has 1 aliphatic rings. The second-order valence-corrected chi connectivity index (χ2v) is 9.56. The molecule has 8 nitrogen and oxygen atoms in total. The van der Waals surface area contributed by atoms with Crippen LogP contribution in [0.5, 0.6) is 0 Å². The molecule has 1 aromatic heterocycles. The number of H-pyrrole nitrogens is 2. The van der Waals surface area contributed by atoms with E-state index in [1.165, 1.54) is 0 Å². The molecule has 2 heterocycles. The number of hydrogen-bond acceptors (Lipinski definition) is 5. The van der Waals surface area contributed by atoms with Gasteiger partial charge in [0.2, 0.25) is 5.91 Å².